The van der Waals surface area contributed by atoms with E-state index in [1.54, 1.807) is 64.0 Å². The minimum absolute atomic E-state index is 0.124. The third kappa shape index (κ3) is 5.88. The van der Waals surface area contributed by atoms with Crippen LogP contribution in [0.15, 0.2) is 30.9 Å². The standard InChI is InChI=1S/C20H28Cl2N2O3/c1-8-11-20(13-23(6)14(2)25,15-9-10-16(21)17(22)12-15)24(7)18(26)27-19(3,4)5/h8-10,12H,1,11,13H2,2-7H3/t20-/m1/s1. The maximum atomic E-state index is 12.9. The number of rotatable bonds is 6. The first-order chi connectivity index (χ1) is 12.3. The predicted molar refractivity (Wildman–Crippen MR) is 110 cm³/mol. The SMILES string of the molecule is C=CC[C@@](CN(C)C(C)=O)(c1ccc(Cl)c(Cl)c1)N(C)C(=O)OC(C)(C)C. The molecular formula is C20H28Cl2N2O3. The summed E-state index contributed by atoms with van der Waals surface area (Å²) in [5, 5.41) is 0.776. The lowest BCUT2D eigenvalue weighted by Crippen LogP contribution is -2.54. The number of carbonyl (C=O) groups is 2. The second-order valence-electron chi connectivity index (χ2n) is 7.57. The van der Waals surface area contributed by atoms with Crippen LogP contribution in [-0.4, -0.2) is 48.0 Å². The molecule has 1 aromatic carbocycles. The van der Waals surface area contributed by atoms with Crippen LogP contribution in [0.1, 0.15) is 39.7 Å². The van der Waals surface area contributed by atoms with Crippen LogP contribution in [0.3, 0.4) is 0 Å². The molecule has 0 aromatic heterocycles. The Morgan fingerprint density at radius 3 is 2.22 bits per heavy atom. The topological polar surface area (TPSA) is 49.9 Å². The summed E-state index contributed by atoms with van der Waals surface area (Å²) < 4.78 is 5.56. The molecule has 0 saturated carbocycles. The lowest BCUT2D eigenvalue weighted by molar-refractivity contribution is -0.129. The summed E-state index contributed by atoms with van der Waals surface area (Å²) in [7, 11) is 3.33. The van der Waals surface area contributed by atoms with Crippen LogP contribution < -0.4 is 0 Å². The molecule has 0 aliphatic rings. The first kappa shape index (κ1) is 23.3. The smallest absolute Gasteiger partial charge is 0.410 e. The summed E-state index contributed by atoms with van der Waals surface area (Å²) in [5.41, 5.74) is -0.841. The summed E-state index contributed by atoms with van der Waals surface area (Å²) in [5.74, 6) is -0.124. The molecule has 0 aliphatic heterocycles. The van der Waals surface area contributed by atoms with Crippen molar-refractivity contribution in [1.29, 1.82) is 0 Å². The van der Waals surface area contributed by atoms with Gasteiger partial charge in [0.25, 0.3) is 0 Å². The maximum Gasteiger partial charge on any atom is 0.410 e. The van der Waals surface area contributed by atoms with E-state index in [2.05, 4.69) is 6.58 Å². The Labute approximate surface area is 171 Å². The monoisotopic (exact) mass is 414 g/mol. The van der Waals surface area contributed by atoms with Gasteiger partial charge in [0.1, 0.15) is 5.60 Å². The Morgan fingerprint density at radius 1 is 1.19 bits per heavy atom. The molecule has 0 radical (unpaired) electrons. The Morgan fingerprint density at radius 2 is 1.78 bits per heavy atom. The Hall–Kier alpha value is -1.72. The molecule has 0 aliphatic carbocycles. The van der Waals surface area contributed by atoms with Crippen molar-refractivity contribution in [1.82, 2.24) is 9.80 Å². The van der Waals surface area contributed by atoms with Crippen molar-refractivity contribution >= 4 is 35.2 Å². The number of ether oxygens (including phenoxy) is 1. The fourth-order valence-electron chi connectivity index (χ4n) is 2.74. The van der Waals surface area contributed by atoms with Gasteiger partial charge in [-0.05, 0) is 44.9 Å². The maximum absolute atomic E-state index is 12.9. The van der Waals surface area contributed by atoms with E-state index in [0.29, 0.717) is 16.5 Å². The van der Waals surface area contributed by atoms with E-state index < -0.39 is 17.2 Å². The van der Waals surface area contributed by atoms with Gasteiger partial charge in [0, 0.05) is 27.6 Å². The number of carbonyl (C=O) groups excluding carboxylic acids is 2. The lowest BCUT2D eigenvalue weighted by atomic mass is 9.84. The highest BCUT2D eigenvalue weighted by molar-refractivity contribution is 6.42. The minimum Gasteiger partial charge on any atom is -0.444 e. The molecule has 27 heavy (non-hydrogen) atoms. The number of benzene rings is 1. The molecule has 0 unspecified atom stereocenters. The van der Waals surface area contributed by atoms with Crippen molar-refractivity contribution in [2.45, 2.75) is 45.3 Å². The summed E-state index contributed by atoms with van der Waals surface area (Å²) in [6.07, 6.45) is 1.59. The van der Waals surface area contributed by atoms with E-state index in [1.807, 2.05) is 0 Å². The molecule has 5 nitrogen and oxygen atoms in total. The third-order valence-corrected chi connectivity index (χ3v) is 5.02. The number of hydrogen-bond acceptors (Lipinski definition) is 3. The Bertz CT molecular complexity index is 716. The first-order valence-corrected chi connectivity index (χ1v) is 9.34. The van der Waals surface area contributed by atoms with E-state index >= 15 is 0 Å². The van der Waals surface area contributed by atoms with Crippen molar-refractivity contribution in [2.75, 3.05) is 20.6 Å². The highest BCUT2D eigenvalue weighted by atomic mass is 35.5. The van der Waals surface area contributed by atoms with Crippen molar-refractivity contribution in [2.24, 2.45) is 0 Å². The van der Waals surface area contributed by atoms with Crippen molar-refractivity contribution < 1.29 is 14.3 Å². The van der Waals surface area contributed by atoms with Gasteiger partial charge >= 0.3 is 6.09 Å². The van der Waals surface area contributed by atoms with Crippen molar-refractivity contribution in [3.63, 3.8) is 0 Å². The highest BCUT2D eigenvalue weighted by Gasteiger charge is 2.42. The van der Waals surface area contributed by atoms with E-state index in [1.165, 1.54) is 11.8 Å². The van der Waals surface area contributed by atoms with Gasteiger partial charge in [-0.15, -0.1) is 6.58 Å². The fraction of sp³-hybridized carbons (Fsp3) is 0.500. The van der Waals surface area contributed by atoms with E-state index in [9.17, 15) is 9.59 Å². The Balaban J connectivity index is 3.54. The number of likely N-dealkylation sites (N-methyl/N-ethyl adjacent to an activating group) is 2. The molecule has 150 valence electrons. The van der Waals surface area contributed by atoms with Gasteiger partial charge in [-0.3, -0.25) is 9.69 Å². The molecule has 1 aromatic rings. The molecule has 0 bridgehead atoms. The zero-order chi connectivity index (χ0) is 21.0. The molecule has 0 saturated heterocycles. The van der Waals surface area contributed by atoms with Gasteiger partial charge in [0.15, 0.2) is 0 Å². The van der Waals surface area contributed by atoms with Gasteiger partial charge < -0.3 is 9.64 Å². The van der Waals surface area contributed by atoms with Gasteiger partial charge in [-0.25, -0.2) is 4.79 Å². The highest BCUT2D eigenvalue weighted by Crippen LogP contribution is 2.37. The second-order valence-corrected chi connectivity index (χ2v) is 8.38. The van der Waals surface area contributed by atoms with Crippen LogP contribution in [0.2, 0.25) is 10.0 Å². The van der Waals surface area contributed by atoms with Gasteiger partial charge in [0.05, 0.1) is 15.6 Å². The zero-order valence-corrected chi connectivity index (χ0v) is 18.3. The van der Waals surface area contributed by atoms with Gasteiger partial charge in [0.2, 0.25) is 5.91 Å². The number of hydrogen-bond donors (Lipinski definition) is 0. The summed E-state index contributed by atoms with van der Waals surface area (Å²) >= 11 is 12.3. The summed E-state index contributed by atoms with van der Waals surface area (Å²) in [4.78, 5) is 27.8. The average molecular weight is 415 g/mol. The van der Waals surface area contributed by atoms with Crippen molar-refractivity contribution in [3.8, 4) is 0 Å². The van der Waals surface area contributed by atoms with Crippen LogP contribution in [0, 0.1) is 0 Å². The molecule has 0 fully saturated rings. The third-order valence-electron chi connectivity index (χ3n) is 4.28. The molecule has 1 atom stereocenters. The minimum atomic E-state index is -0.918. The van der Waals surface area contributed by atoms with E-state index in [4.69, 9.17) is 27.9 Å². The molecule has 2 amide bonds. The fourth-order valence-corrected chi connectivity index (χ4v) is 3.04. The zero-order valence-electron chi connectivity index (χ0n) is 16.8. The molecular weight excluding hydrogens is 387 g/mol. The number of nitrogens with zero attached hydrogens (tertiary/aromatic N) is 2. The Kier molecular flexibility index (Phi) is 7.76. The van der Waals surface area contributed by atoms with Gasteiger partial charge in [-0.1, -0.05) is 35.3 Å². The normalized spacial score (nSPS) is 13.5. The van der Waals surface area contributed by atoms with Crippen LogP contribution in [-0.2, 0) is 15.1 Å². The van der Waals surface area contributed by atoms with Crippen LogP contribution in [0.4, 0.5) is 4.79 Å². The predicted octanol–water partition coefficient (Wildman–Crippen LogP) is 5.11. The number of amides is 2. The largest absolute Gasteiger partial charge is 0.444 e. The van der Waals surface area contributed by atoms with Gasteiger partial charge in [-0.2, -0.15) is 0 Å². The van der Waals surface area contributed by atoms with E-state index in [-0.39, 0.29) is 12.5 Å². The molecule has 0 spiro atoms. The van der Waals surface area contributed by atoms with Crippen LogP contribution >= 0.6 is 23.2 Å². The lowest BCUT2D eigenvalue weighted by Gasteiger charge is -2.44. The average Bonchev–Trinajstić information content (AvgIpc) is 2.54. The van der Waals surface area contributed by atoms with E-state index in [0.717, 1.165) is 5.56 Å². The molecule has 1 rings (SSSR count). The molecule has 0 heterocycles. The molecule has 0 N–H and O–H groups in total. The summed E-state index contributed by atoms with van der Waals surface area (Å²) in [6, 6.07) is 5.18. The summed E-state index contributed by atoms with van der Waals surface area (Å²) in [6.45, 7) is 11.0. The second kappa shape index (κ2) is 8.98. The first-order valence-electron chi connectivity index (χ1n) is 8.59. The number of halogens is 2. The van der Waals surface area contributed by atoms with Crippen LogP contribution in [0.25, 0.3) is 0 Å². The van der Waals surface area contributed by atoms with Crippen molar-refractivity contribution in [3.05, 3.63) is 46.5 Å². The molecule has 7 heteroatoms. The quantitative estimate of drug-likeness (QED) is 0.607. The van der Waals surface area contributed by atoms with Crippen LogP contribution in [0.5, 0.6) is 0 Å².